The van der Waals surface area contributed by atoms with Gasteiger partial charge < -0.3 is 11.1 Å². The molecule has 3 N–H and O–H groups in total. The summed E-state index contributed by atoms with van der Waals surface area (Å²) in [5.41, 5.74) is 5.34. The van der Waals surface area contributed by atoms with E-state index in [1.807, 2.05) is 6.92 Å². The Kier molecular flexibility index (Phi) is 3.69. The van der Waals surface area contributed by atoms with Crippen LogP contribution in [0.1, 0.15) is 20.3 Å². The zero-order valence-corrected chi connectivity index (χ0v) is 8.42. The van der Waals surface area contributed by atoms with Crippen molar-refractivity contribution >= 4 is 5.91 Å². The fourth-order valence-corrected chi connectivity index (χ4v) is 1.92. The van der Waals surface area contributed by atoms with E-state index in [4.69, 9.17) is 5.73 Å². The molecule has 0 aliphatic carbocycles. The molecule has 0 aromatic heterocycles. The first kappa shape index (κ1) is 10.5. The average Bonchev–Trinajstić information content (AvgIpc) is 2.09. The van der Waals surface area contributed by atoms with Crippen LogP contribution >= 0.6 is 0 Å². The molecule has 0 spiro atoms. The molecule has 1 saturated heterocycles. The minimum Gasteiger partial charge on any atom is -0.368 e. The molecule has 1 amide bonds. The number of nitrogens with one attached hydrogen (secondary N) is 1. The van der Waals surface area contributed by atoms with E-state index in [9.17, 15) is 4.79 Å². The van der Waals surface area contributed by atoms with Gasteiger partial charge in [-0.1, -0.05) is 6.92 Å². The van der Waals surface area contributed by atoms with Crippen molar-refractivity contribution in [3.63, 3.8) is 0 Å². The highest BCUT2D eigenvalue weighted by atomic mass is 16.1. The summed E-state index contributed by atoms with van der Waals surface area (Å²) in [5, 5.41) is 3.29. The number of amides is 1. The van der Waals surface area contributed by atoms with Crippen molar-refractivity contribution in [1.29, 1.82) is 0 Å². The summed E-state index contributed by atoms with van der Waals surface area (Å²) in [6, 6.07) is 0.322. The van der Waals surface area contributed by atoms with Crippen LogP contribution in [0.3, 0.4) is 0 Å². The molecule has 0 radical (unpaired) electrons. The van der Waals surface area contributed by atoms with Gasteiger partial charge in [0.1, 0.15) is 0 Å². The lowest BCUT2D eigenvalue weighted by Gasteiger charge is -2.38. The molecule has 0 aromatic rings. The Morgan fingerprint density at radius 1 is 1.77 bits per heavy atom. The summed E-state index contributed by atoms with van der Waals surface area (Å²) in [5.74, 6) is -0.198. The highest BCUT2D eigenvalue weighted by Crippen LogP contribution is 2.10. The van der Waals surface area contributed by atoms with Gasteiger partial charge in [0.05, 0.1) is 6.04 Å². The summed E-state index contributed by atoms with van der Waals surface area (Å²) in [6.07, 6.45) is 0.805. The number of nitrogens with zero attached hydrogens (tertiary/aromatic N) is 1. The van der Waals surface area contributed by atoms with Crippen molar-refractivity contribution in [3.8, 4) is 0 Å². The molecular weight excluding hydrogens is 166 g/mol. The number of piperazine rings is 1. The summed E-state index contributed by atoms with van der Waals surface area (Å²) in [6.45, 7) is 6.95. The number of hydrogen-bond donors (Lipinski definition) is 2. The third-order valence-corrected chi connectivity index (χ3v) is 2.67. The maximum Gasteiger partial charge on any atom is 0.234 e. The van der Waals surface area contributed by atoms with Gasteiger partial charge in [-0.15, -0.1) is 0 Å². The predicted octanol–water partition coefficient (Wildman–Crippen LogP) is -0.456. The summed E-state index contributed by atoms with van der Waals surface area (Å²) in [4.78, 5) is 13.3. The quantitative estimate of drug-likeness (QED) is 0.626. The molecule has 4 heteroatoms. The maximum absolute atomic E-state index is 11.1. The van der Waals surface area contributed by atoms with Crippen molar-refractivity contribution in [2.45, 2.75) is 32.4 Å². The molecule has 13 heavy (non-hydrogen) atoms. The van der Waals surface area contributed by atoms with Crippen LogP contribution in [0.25, 0.3) is 0 Å². The minimum atomic E-state index is -0.198. The SMILES string of the molecule is CCC(C(N)=O)N1CCNC[C@H]1C. The molecule has 4 nitrogen and oxygen atoms in total. The van der Waals surface area contributed by atoms with Crippen LogP contribution in [0.5, 0.6) is 0 Å². The van der Waals surface area contributed by atoms with Gasteiger partial charge in [-0.25, -0.2) is 0 Å². The van der Waals surface area contributed by atoms with E-state index in [1.54, 1.807) is 0 Å². The number of nitrogens with two attached hydrogens (primary N) is 1. The first-order chi connectivity index (χ1) is 6.16. The Morgan fingerprint density at radius 3 is 2.92 bits per heavy atom. The van der Waals surface area contributed by atoms with Crippen molar-refractivity contribution in [1.82, 2.24) is 10.2 Å². The molecule has 1 unspecified atom stereocenters. The molecule has 1 heterocycles. The Labute approximate surface area is 79.5 Å². The van der Waals surface area contributed by atoms with Crippen molar-refractivity contribution in [2.24, 2.45) is 5.73 Å². The number of rotatable bonds is 3. The summed E-state index contributed by atoms with van der Waals surface area (Å²) < 4.78 is 0. The van der Waals surface area contributed by atoms with Gasteiger partial charge in [-0.3, -0.25) is 9.69 Å². The maximum atomic E-state index is 11.1. The fourth-order valence-electron chi connectivity index (χ4n) is 1.92. The smallest absolute Gasteiger partial charge is 0.234 e. The number of carbonyl (C=O) groups is 1. The molecule has 1 aliphatic rings. The third-order valence-electron chi connectivity index (χ3n) is 2.67. The lowest BCUT2D eigenvalue weighted by molar-refractivity contribution is -0.124. The van der Waals surface area contributed by atoms with Gasteiger partial charge >= 0.3 is 0 Å². The zero-order valence-electron chi connectivity index (χ0n) is 8.42. The molecule has 2 atom stereocenters. The largest absolute Gasteiger partial charge is 0.368 e. The fraction of sp³-hybridized carbons (Fsp3) is 0.889. The van der Waals surface area contributed by atoms with Crippen LogP contribution in [0.4, 0.5) is 0 Å². The average molecular weight is 185 g/mol. The van der Waals surface area contributed by atoms with E-state index < -0.39 is 0 Å². The van der Waals surface area contributed by atoms with Crippen LogP contribution in [0.2, 0.25) is 0 Å². The van der Waals surface area contributed by atoms with Crippen molar-refractivity contribution in [3.05, 3.63) is 0 Å². The predicted molar refractivity (Wildman–Crippen MR) is 52.3 cm³/mol. The van der Waals surface area contributed by atoms with E-state index >= 15 is 0 Å². The topological polar surface area (TPSA) is 58.4 Å². The van der Waals surface area contributed by atoms with E-state index in [-0.39, 0.29) is 11.9 Å². The Balaban J connectivity index is 2.60. The third kappa shape index (κ3) is 2.42. The number of carbonyl (C=O) groups excluding carboxylic acids is 1. The standard InChI is InChI=1S/C9H19N3O/c1-3-8(9(10)13)12-5-4-11-6-7(12)2/h7-8,11H,3-6H2,1-2H3,(H2,10,13)/t7-,8?/m1/s1. The lowest BCUT2D eigenvalue weighted by atomic mass is 10.1. The van der Waals surface area contributed by atoms with Crippen LogP contribution in [0, 0.1) is 0 Å². The molecular formula is C9H19N3O. The summed E-state index contributed by atoms with van der Waals surface area (Å²) >= 11 is 0. The highest BCUT2D eigenvalue weighted by Gasteiger charge is 2.27. The van der Waals surface area contributed by atoms with Gasteiger partial charge in [0.25, 0.3) is 0 Å². The van der Waals surface area contributed by atoms with Crippen LogP contribution in [0.15, 0.2) is 0 Å². The van der Waals surface area contributed by atoms with Crippen molar-refractivity contribution < 1.29 is 4.79 Å². The lowest BCUT2D eigenvalue weighted by Crippen LogP contribution is -2.57. The molecule has 1 rings (SSSR count). The normalized spacial score (nSPS) is 27.1. The number of hydrogen-bond acceptors (Lipinski definition) is 3. The molecule has 0 aromatic carbocycles. The zero-order chi connectivity index (χ0) is 9.84. The summed E-state index contributed by atoms with van der Waals surface area (Å²) in [7, 11) is 0. The van der Waals surface area contributed by atoms with Crippen LogP contribution < -0.4 is 11.1 Å². The molecule has 1 aliphatic heterocycles. The molecule has 76 valence electrons. The Morgan fingerprint density at radius 2 is 2.46 bits per heavy atom. The van der Waals surface area contributed by atoms with Crippen LogP contribution in [-0.2, 0) is 4.79 Å². The second-order valence-electron chi connectivity index (χ2n) is 3.62. The van der Waals surface area contributed by atoms with Crippen LogP contribution in [-0.4, -0.2) is 42.5 Å². The van der Waals surface area contributed by atoms with Gasteiger partial charge in [-0.2, -0.15) is 0 Å². The first-order valence-corrected chi connectivity index (χ1v) is 4.92. The van der Waals surface area contributed by atoms with Gasteiger partial charge in [-0.05, 0) is 13.3 Å². The van der Waals surface area contributed by atoms with Crippen molar-refractivity contribution in [2.75, 3.05) is 19.6 Å². The van der Waals surface area contributed by atoms with Gasteiger partial charge in [0.2, 0.25) is 5.91 Å². The van der Waals surface area contributed by atoms with Gasteiger partial charge in [0, 0.05) is 25.7 Å². The van der Waals surface area contributed by atoms with E-state index in [0.29, 0.717) is 6.04 Å². The molecule has 0 saturated carbocycles. The van der Waals surface area contributed by atoms with E-state index in [0.717, 1.165) is 26.1 Å². The molecule has 1 fully saturated rings. The Hall–Kier alpha value is -0.610. The second-order valence-corrected chi connectivity index (χ2v) is 3.62. The second kappa shape index (κ2) is 4.58. The van der Waals surface area contributed by atoms with E-state index in [1.165, 1.54) is 0 Å². The minimum absolute atomic E-state index is 0.0860. The Bertz CT molecular complexity index is 184. The number of primary amides is 1. The van der Waals surface area contributed by atoms with E-state index in [2.05, 4.69) is 17.1 Å². The first-order valence-electron chi connectivity index (χ1n) is 4.92. The van der Waals surface area contributed by atoms with Gasteiger partial charge in [0.15, 0.2) is 0 Å². The highest BCUT2D eigenvalue weighted by molar-refractivity contribution is 5.79. The molecule has 0 bridgehead atoms. The monoisotopic (exact) mass is 185 g/mol.